The minimum absolute atomic E-state index is 0. The number of hydrogen-bond acceptors (Lipinski definition) is 4. The average Bonchev–Trinajstić information content (AvgIpc) is 3.33. The number of anilines is 1. The number of ether oxygens (including phenoxy) is 1. The van der Waals surface area contributed by atoms with Crippen molar-refractivity contribution in [2.24, 2.45) is 0 Å². The van der Waals surface area contributed by atoms with Crippen LogP contribution in [0.4, 0.5) is 5.69 Å². The number of H-pyrrole nitrogens is 1. The predicted molar refractivity (Wildman–Crippen MR) is 169 cm³/mol. The lowest BCUT2D eigenvalue weighted by Crippen LogP contribution is -2.25. The second kappa shape index (κ2) is 14.3. The number of aryl methyl sites for hydroxylation is 1. The van der Waals surface area contributed by atoms with Gasteiger partial charge in [0.2, 0.25) is 5.91 Å². The van der Waals surface area contributed by atoms with Crippen LogP contribution in [0.25, 0.3) is 21.8 Å². The SMILES string of the molecule is COc1ccc2[nH]cc(CCNC(=O)CCCCCCNc3c4c(nc5cc(Cl)cc(Cl)c35)CCCC4)c2c1.Cl. The molecule has 1 aliphatic carbocycles. The van der Waals surface area contributed by atoms with Crippen molar-refractivity contribution in [2.75, 3.05) is 25.5 Å². The average molecular weight is 604 g/mol. The van der Waals surface area contributed by atoms with Crippen LogP contribution in [0.2, 0.25) is 10.0 Å². The summed E-state index contributed by atoms with van der Waals surface area (Å²) in [5.41, 5.74) is 6.74. The maximum atomic E-state index is 12.3. The molecule has 5 rings (SSSR count). The first-order valence-corrected chi connectivity index (χ1v) is 14.7. The second-order valence-electron chi connectivity index (χ2n) is 10.3. The van der Waals surface area contributed by atoms with Gasteiger partial charge in [0, 0.05) is 52.7 Å². The lowest BCUT2D eigenvalue weighted by atomic mass is 9.92. The minimum Gasteiger partial charge on any atom is -0.497 e. The molecule has 0 radical (unpaired) electrons. The van der Waals surface area contributed by atoms with Crippen LogP contribution in [0, 0.1) is 0 Å². The van der Waals surface area contributed by atoms with E-state index in [1.165, 1.54) is 29.7 Å². The molecule has 4 aromatic rings. The van der Waals surface area contributed by atoms with Crippen molar-refractivity contribution in [2.45, 2.75) is 64.2 Å². The second-order valence-corrected chi connectivity index (χ2v) is 11.2. The number of hydrogen-bond donors (Lipinski definition) is 3. The van der Waals surface area contributed by atoms with Crippen molar-refractivity contribution in [3.05, 3.63) is 63.4 Å². The Kier molecular flexibility index (Phi) is 10.8. The number of methoxy groups -OCH3 is 1. The third-order valence-electron chi connectivity index (χ3n) is 7.60. The smallest absolute Gasteiger partial charge is 0.220 e. The summed E-state index contributed by atoms with van der Waals surface area (Å²) in [6.07, 6.45) is 11.8. The van der Waals surface area contributed by atoms with E-state index < -0.39 is 0 Å². The van der Waals surface area contributed by atoms with Crippen LogP contribution < -0.4 is 15.4 Å². The molecule has 1 aliphatic rings. The van der Waals surface area contributed by atoms with Crippen LogP contribution in [-0.4, -0.2) is 36.1 Å². The van der Waals surface area contributed by atoms with E-state index >= 15 is 0 Å². The Morgan fingerprint density at radius 2 is 1.88 bits per heavy atom. The minimum atomic E-state index is 0. The van der Waals surface area contributed by atoms with Gasteiger partial charge >= 0.3 is 0 Å². The van der Waals surface area contributed by atoms with Crippen LogP contribution in [0.5, 0.6) is 5.75 Å². The maximum absolute atomic E-state index is 12.3. The lowest BCUT2D eigenvalue weighted by molar-refractivity contribution is -0.121. The van der Waals surface area contributed by atoms with Crippen molar-refractivity contribution >= 4 is 69.0 Å². The summed E-state index contributed by atoms with van der Waals surface area (Å²) in [5, 5.41) is 10.1. The number of unbranched alkanes of at least 4 members (excludes halogenated alkanes) is 3. The molecule has 0 spiro atoms. The molecule has 0 bridgehead atoms. The van der Waals surface area contributed by atoms with Gasteiger partial charge in [-0.15, -0.1) is 12.4 Å². The van der Waals surface area contributed by atoms with Gasteiger partial charge in [-0.3, -0.25) is 9.78 Å². The van der Waals surface area contributed by atoms with Crippen molar-refractivity contribution in [3.8, 4) is 5.75 Å². The van der Waals surface area contributed by atoms with Crippen LogP contribution in [0.1, 0.15) is 61.8 Å². The fourth-order valence-corrected chi connectivity index (χ4v) is 6.14. The molecule has 0 fully saturated rings. The highest BCUT2D eigenvalue weighted by Crippen LogP contribution is 2.38. The summed E-state index contributed by atoms with van der Waals surface area (Å²) in [5.74, 6) is 0.957. The normalized spacial score (nSPS) is 12.7. The van der Waals surface area contributed by atoms with Gasteiger partial charge in [0.1, 0.15) is 5.75 Å². The van der Waals surface area contributed by atoms with Gasteiger partial charge in [0.25, 0.3) is 0 Å². The van der Waals surface area contributed by atoms with Gasteiger partial charge in [-0.1, -0.05) is 36.0 Å². The molecular weight excluding hydrogens is 567 g/mol. The van der Waals surface area contributed by atoms with E-state index in [1.54, 1.807) is 13.2 Å². The molecule has 0 unspecified atom stereocenters. The highest BCUT2D eigenvalue weighted by atomic mass is 35.5. The summed E-state index contributed by atoms with van der Waals surface area (Å²) in [4.78, 5) is 20.5. The number of nitrogens with one attached hydrogen (secondary N) is 3. The van der Waals surface area contributed by atoms with Gasteiger partial charge in [-0.05, 0) is 86.4 Å². The van der Waals surface area contributed by atoms with Crippen LogP contribution in [0.3, 0.4) is 0 Å². The zero-order valence-electron chi connectivity index (χ0n) is 22.9. The van der Waals surface area contributed by atoms with Gasteiger partial charge in [0.05, 0.1) is 23.3 Å². The predicted octanol–water partition coefficient (Wildman–Crippen LogP) is 8.05. The number of aromatic amines is 1. The molecule has 40 heavy (non-hydrogen) atoms. The number of carbonyl (C=O) groups excluding carboxylic acids is 1. The number of nitrogens with zero attached hydrogens (tertiary/aromatic N) is 1. The van der Waals surface area contributed by atoms with Crippen molar-refractivity contribution in [3.63, 3.8) is 0 Å². The Labute approximate surface area is 252 Å². The van der Waals surface area contributed by atoms with Crippen molar-refractivity contribution < 1.29 is 9.53 Å². The number of amides is 1. The Bertz CT molecular complexity index is 1470. The molecule has 3 N–H and O–H groups in total. The molecule has 6 nitrogen and oxygen atoms in total. The summed E-state index contributed by atoms with van der Waals surface area (Å²) >= 11 is 12.9. The van der Waals surface area contributed by atoms with Gasteiger partial charge in [0.15, 0.2) is 0 Å². The first-order valence-electron chi connectivity index (χ1n) is 14.0. The van der Waals surface area contributed by atoms with E-state index in [0.29, 0.717) is 23.0 Å². The van der Waals surface area contributed by atoms with Crippen LogP contribution in [0.15, 0.2) is 36.5 Å². The summed E-state index contributed by atoms with van der Waals surface area (Å²) in [6.45, 7) is 1.50. The van der Waals surface area contributed by atoms with E-state index in [9.17, 15) is 4.79 Å². The van der Waals surface area contributed by atoms with E-state index in [2.05, 4.69) is 15.6 Å². The molecule has 2 heterocycles. The summed E-state index contributed by atoms with van der Waals surface area (Å²) < 4.78 is 5.34. The highest BCUT2D eigenvalue weighted by Gasteiger charge is 2.20. The number of carbonyl (C=O) groups is 1. The fraction of sp³-hybridized carbons (Fsp3) is 0.419. The molecule has 214 valence electrons. The zero-order valence-corrected chi connectivity index (χ0v) is 25.2. The Morgan fingerprint density at radius 1 is 1.05 bits per heavy atom. The molecule has 0 saturated heterocycles. The van der Waals surface area contributed by atoms with Crippen LogP contribution >= 0.6 is 35.6 Å². The molecule has 2 aromatic heterocycles. The standard InChI is InChI=1S/C31H36Cl2N4O2.ClH/c1-39-22-11-12-26-24(18-22)20(19-36-26)13-15-34-29(38)10-4-2-3-7-14-35-31-23-8-5-6-9-27(23)37-28-17-21(32)16-25(33)30(28)31;/h11-12,16-19,36H,2-10,13-15H2,1H3,(H,34,38)(H,35,37);1H. The van der Waals surface area contributed by atoms with Crippen LogP contribution in [-0.2, 0) is 24.1 Å². The molecule has 9 heteroatoms. The maximum Gasteiger partial charge on any atom is 0.220 e. The molecular formula is C31H37Cl3N4O2. The largest absolute Gasteiger partial charge is 0.497 e. The Hall–Kier alpha value is -2.67. The quantitative estimate of drug-likeness (QED) is 0.143. The van der Waals surface area contributed by atoms with Crippen molar-refractivity contribution in [1.29, 1.82) is 0 Å². The summed E-state index contributed by atoms with van der Waals surface area (Å²) in [6, 6.07) is 9.71. The van der Waals surface area contributed by atoms with E-state index in [0.717, 1.165) is 84.7 Å². The van der Waals surface area contributed by atoms with E-state index in [1.807, 2.05) is 30.5 Å². The topological polar surface area (TPSA) is 79.0 Å². The fourth-order valence-electron chi connectivity index (χ4n) is 5.56. The zero-order chi connectivity index (χ0) is 27.2. The lowest BCUT2D eigenvalue weighted by Gasteiger charge is -2.22. The number of aromatic nitrogens is 2. The van der Waals surface area contributed by atoms with Gasteiger partial charge in [-0.25, -0.2) is 0 Å². The third-order valence-corrected chi connectivity index (χ3v) is 8.12. The molecule has 0 atom stereocenters. The number of benzene rings is 2. The molecule has 0 saturated carbocycles. The number of fused-ring (bicyclic) bond motifs is 3. The van der Waals surface area contributed by atoms with E-state index in [4.69, 9.17) is 32.9 Å². The first kappa shape index (κ1) is 30.3. The Morgan fingerprint density at radius 3 is 2.73 bits per heavy atom. The van der Waals surface area contributed by atoms with Gasteiger partial charge in [-0.2, -0.15) is 0 Å². The number of halogens is 3. The first-order chi connectivity index (χ1) is 19.0. The monoisotopic (exact) mass is 602 g/mol. The Balaban J connectivity index is 0.00000370. The molecule has 1 amide bonds. The third kappa shape index (κ3) is 7.15. The molecule has 2 aromatic carbocycles. The summed E-state index contributed by atoms with van der Waals surface area (Å²) in [7, 11) is 1.67. The van der Waals surface area contributed by atoms with Gasteiger partial charge < -0.3 is 20.4 Å². The molecule has 0 aliphatic heterocycles. The number of rotatable bonds is 12. The highest BCUT2D eigenvalue weighted by molar-refractivity contribution is 6.39. The van der Waals surface area contributed by atoms with Crippen molar-refractivity contribution in [1.82, 2.24) is 15.3 Å². The van der Waals surface area contributed by atoms with E-state index in [-0.39, 0.29) is 18.3 Å². The number of pyridine rings is 1.